The number of nitriles is 1. The molecule has 1 aromatic heterocycles. The molecule has 0 atom stereocenters. The Balaban J connectivity index is 0.00000320. The average molecular weight is 445 g/mol. The number of halogens is 1. The summed E-state index contributed by atoms with van der Waals surface area (Å²) >= 11 is 1.48. The number of benzene rings is 2. The van der Waals surface area contributed by atoms with Gasteiger partial charge >= 0.3 is 0 Å². The van der Waals surface area contributed by atoms with Crippen LogP contribution < -0.4 is 9.64 Å². The highest BCUT2D eigenvalue weighted by atomic mass is 35.5. The minimum Gasteiger partial charge on any atom is -0.494 e. The van der Waals surface area contributed by atoms with Crippen LogP contribution in [0.15, 0.2) is 42.5 Å². The van der Waals surface area contributed by atoms with E-state index in [4.69, 9.17) is 15.0 Å². The molecule has 1 amide bonds. The topological polar surface area (TPSA) is 69.5 Å². The second-order valence-corrected chi connectivity index (χ2v) is 7.87. The maximum absolute atomic E-state index is 13.2. The summed E-state index contributed by atoms with van der Waals surface area (Å²) in [6.45, 7) is 3.99. The van der Waals surface area contributed by atoms with Crippen LogP contribution in [0.25, 0.3) is 10.2 Å². The van der Waals surface area contributed by atoms with Crippen LogP contribution in [-0.4, -0.2) is 49.6 Å². The highest BCUT2D eigenvalue weighted by Gasteiger charge is 2.21. The van der Waals surface area contributed by atoms with E-state index in [1.165, 1.54) is 11.3 Å². The molecule has 0 spiro atoms. The summed E-state index contributed by atoms with van der Waals surface area (Å²) in [6.07, 6.45) is 0.829. The van der Waals surface area contributed by atoms with Gasteiger partial charge in [0.25, 0.3) is 5.91 Å². The van der Waals surface area contributed by atoms with Crippen LogP contribution in [-0.2, 0) is 0 Å². The first-order chi connectivity index (χ1) is 14.0. The number of thiazole rings is 1. The number of hydrogen-bond acceptors (Lipinski definition) is 6. The van der Waals surface area contributed by atoms with E-state index in [9.17, 15) is 4.79 Å². The largest absolute Gasteiger partial charge is 0.494 e. The standard InChI is InChI=1S/C22H24N4O2S.ClH/c1-4-28-18-10-11-19-20(14-18)29-22(24-19)26(13-5-12-25(2)3)21(27)17-8-6-16(15-23)7-9-17;/h6-11,14H,4-5,12-13H2,1-3H3;1H. The molecular weight excluding hydrogens is 420 g/mol. The number of rotatable bonds is 8. The molecule has 8 heteroatoms. The molecule has 0 bridgehead atoms. The van der Waals surface area contributed by atoms with Gasteiger partial charge in [-0.15, -0.1) is 12.4 Å². The minimum absolute atomic E-state index is 0. The molecule has 3 aromatic rings. The summed E-state index contributed by atoms with van der Waals surface area (Å²) in [5, 5.41) is 9.66. The summed E-state index contributed by atoms with van der Waals surface area (Å²) in [4.78, 5) is 21.8. The van der Waals surface area contributed by atoms with E-state index in [0.29, 0.717) is 29.4 Å². The molecular formula is C22H25ClN4O2S. The molecule has 0 saturated heterocycles. The van der Waals surface area contributed by atoms with Crippen molar-refractivity contribution in [3.05, 3.63) is 53.6 Å². The highest BCUT2D eigenvalue weighted by molar-refractivity contribution is 7.22. The average Bonchev–Trinajstić information content (AvgIpc) is 3.14. The van der Waals surface area contributed by atoms with E-state index in [1.807, 2.05) is 39.2 Å². The van der Waals surface area contributed by atoms with Crippen molar-refractivity contribution < 1.29 is 9.53 Å². The zero-order valence-corrected chi connectivity index (χ0v) is 18.9. The third-order valence-corrected chi connectivity index (χ3v) is 5.42. The van der Waals surface area contributed by atoms with Crippen molar-refractivity contribution in [1.29, 1.82) is 5.26 Å². The first-order valence-corrected chi connectivity index (χ1v) is 10.3. The Kier molecular flexibility index (Phi) is 8.60. The molecule has 0 fully saturated rings. The number of carbonyl (C=O) groups excluding carboxylic acids is 1. The molecule has 2 aromatic carbocycles. The molecule has 3 rings (SSSR count). The van der Waals surface area contributed by atoms with Crippen LogP contribution in [0, 0.1) is 11.3 Å². The van der Waals surface area contributed by atoms with Crippen molar-refractivity contribution in [2.75, 3.05) is 38.7 Å². The number of hydrogen-bond donors (Lipinski definition) is 0. The number of anilines is 1. The molecule has 158 valence electrons. The fraction of sp³-hybridized carbons (Fsp3) is 0.318. The van der Waals surface area contributed by atoms with Gasteiger partial charge in [0.1, 0.15) is 5.75 Å². The van der Waals surface area contributed by atoms with Gasteiger partial charge in [-0.25, -0.2) is 4.98 Å². The van der Waals surface area contributed by atoms with Gasteiger partial charge in [0.2, 0.25) is 0 Å². The summed E-state index contributed by atoms with van der Waals surface area (Å²) in [5.74, 6) is 0.685. The van der Waals surface area contributed by atoms with Gasteiger partial charge < -0.3 is 9.64 Å². The first kappa shape index (κ1) is 23.6. The van der Waals surface area contributed by atoms with Crippen LogP contribution >= 0.6 is 23.7 Å². The molecule has 0 radical (unpaired) electrons. The highest BCUT2D eigenvalue weighted by Crippen LogP contribution is 2.32. The number of ether oxygens (including phenoxy) is 1. The monoisotopic (exact) mass is 444 g/mol. The third kappa shape index (κ3) is 5.70. The lowest BCUT2D eigenvalue weighted by Gasteiger charge is -2.21. The van der Waals surface area contributed by atoms with Crippen LogP contribution in [0.3, 0.4) is 0 Å². The van der Waals surface area contributed by atoms with Gasteiger partial charge in [-0.05, 0) is 76.4 Å². The SMILES string of the molecule is CCOc1ccc2nc(N(CCCN(C)C)C(=O)c3ccc(C#N)cc3)sc2c1.Cl. The van der Waals surface area contributed by atoms with Gasteiger partial charge in [-0.2, -0.15) is 5.26 Å². The number of amides is 1. The number of fused-ring (bicyclic) bond motifs is 1. The Hall–Kier alpha value is -2.66. The van der Waals surface area contributed by atoms with Crippen molar-refractivity contribution in [2.24, 2.45) is 0 Å². The molecule has 0 N–H and O–H groups in total. The van der Waals surface area contributed by atoms with Crippen molar-refractivity contribution in [1.82, 2.24) is 9.88 Å². The van der Waals surface area contributed by atoms with E-state index in [0.717, 1.165) is 28.9 Å². The van der Waals surface area contributed by atoms with Gasteiger partial charge in [0, 0.05) is 12.1 Å². The van der Waals surface area contributed by atoms with Gasteiger partial charge in [-0.1, -0.05) is 11.3 Å². The van der Waals surface area contributed by atoms with Crippen LogP contribution in [0.5, 0.6) is 5.75 Å². The van der Waals surface area contributed by atoms with Gasteiger partial charge in [-0.3, -0.25) is 9.69 Å². The minimum atomic E-state index is -0.114. The first-order valence-electron chi connectivity index (χ1n) is 9.52. The Morgan fingerprint density at radius 1 is 1.17 bits per heavy atom. The Morgan fingerprint density at radius 2 is 1.90 bits per heavy atom. The maximum atomic E-state index is 13.2. The van der Waals surface area contributed by atoms with E-state index in [1.54, 1.807) is 29.2 Å². The maximum Gasteiger partial charge on any atom is 0.260 e. The second kappa shape index (κ2) is 10.9. The Bertz CT molecular complexity index is 1030. The molecule has 0 aliphatic heterocycles. The lowest BCUT2D eigenvalue weighted by Crippen LogP contribution is -2.33. The molecule has 0 aliphatic rings. The van der Waals surface area contributed by atoms with E-state index < -0.39 is 0 Å². The van der Waals surface area contributed by atoms with Crippen LogP contribution in [0.4, 0.5) is 5.13 Å². The lowest BCUT2D eigenvalue weighted by atomic mass is 10.1. The summed E-state index contributed by atoms with van der Waals surface area (Å²) in [7, 11) is 4.03. The predicted octanol–water partition coefficient (Wildman–Crippen LogP) is 4.59. The number of nitrogens with zero attached hydrogens (tertiary/aromatic N) is 4. The van der Waals surface area contributed by atoms with Crippen molar-refractivity contribution in [3.63, 3.8) is 0 Å². The van der Waals surface area contributed by atoms with Crippen molar-refractivity contribution >= 4 is 45.0 Å². The van der Waals surface area contributed by atoms with E-state index in [-0.39, 0.29) is 18.3 Å². The van der Waals surface area contributed by atoms with E-state index in [2.05, 4.69) is 11.0 Å². The second-order valence-electron chi connectivity index (χ2n) is 6.86. The lowest BCUT2D eigenvalue weighted by molar-refractivity contribution is 0.0986. The summed E-state index contributed by atoms with van der Waals surface area (Å²) < 4.78 is 6.56. The molecule has 0 aliphatic carbocycles. The molecule has 30 heavy (non-hydrogen) atoms. The van der Waals surface area contributed by atoms with Crippen molar-refractivity contribution in [3.8, 4) is 11.8 Å². The predicted molar refractivity (Wildman–Crippen MR) is 124 cm³/mol. The van der Waals surface area contributed by atoms with Crippen LogP contribution in [0.1, 0.15) is 29.3 Å². The number of carbonyl (C=O) groups is 1. The smallest absolute Gasteiger partial charge is 0.260 e. The van der Waals surface area contributed by atoms with Gasteiger partial charge in [0.15, 0.2) is 5.13 Å². The fourth-order valence-corrected chi connectivity index (χ4v) is 3.96. The molecule has 0 unspecified atom stereocenters. The van der Waals surface area contributed by atoms with Crippen LogP contribution in [0.2, 0.25) is 0 Å². The summed E-state index contributed by atoms with van der Waals surface area (Å²) in [5.41, 5.74) is 1.92. The molecule has 6 nitrogen and oxygen atoms in total. The zero-order valence-electron chi connectivity index (χ0n) is 17.3. The Labute approximate surface area is 187 Å². The summed E-state index contributed by atoms with van der Waals surface area (Å²) in [6, 6.07) is 14.6. The quantitative estimate of drug-likeness (QED) is 0.508. The molecule has 0 saturated carbocycles. The van der Waals surface area contributed by atoms with Crippen molar-refractivity contribution in [2.45, 2.75) is 13.3 Å². The fourth-order valence-electron chi connectivity index (χ4n) is 2.94. The van der Waals surface area contributed by atoms with E-state index >= 15 is 0 Å². The number of aromatic nitrogens is 1. The normalized spacial score (nSPS) is 10.5. The van der Waals surface area contributed by atoms with Gasteiger partial charge in [0.05, 0.1) is 28.5 Å². The zero-order chi connectivity index (χ0) is 20.8. The third-order valence-electron chi connectivity index (χ3n) is 4.38. The molecule has 1 heterocycles. The Morgan fingerprint density at radius 3 is 2.53 bits per heavy atom.